The van der Waals surface area contributed by atoms with Gasteiger partial charge in [0.15, 0.2) is 0 Å². The first kappa shape index (κ1) is 16.4. The molecule has 2 nitrogen and oxygen atoms in total. The van der Waals surface area contributed by atoms with E-state index in [2.05, 4.69) is 20.8 Å². The van der Waals surface area contributed by atoms with Crippen molar-refractivity contribution >= 4 is 0 Å². The lowest BCUT2D eigenvalue weighted by Gasteiger charge is -2.12. The third-order valence-corrected chi connectivity index (χ3v) is 2.15. The van der Waals surface area contributed by atoms with Gasteiger partial charge in [-0.15, -0.1) is 0 Å². The smallest absolute Gasteiger partial charge is 0.0468 e. The van der Waals surface area contributed by atoms with Crippen LogP contribution < -0.4 is 0 Å². The fourth-order valence-corrected chi connectivity index (χ4v) is 1.36. The number of hydrogen-bond donors (Lipinski definition) is 1. The number of hydrogen-bond acceptors (Lipinski definition) is 2. The van der Waals surface area contributed by atoms with Crippen molar-refractivity contribution in [3.8, 4) is 0 Å². The molecule has 0 aliphatic heterocycles. The minimum atomic E-state index is 0.250. The summed E-state index contributed by atoms with van der Waals surface area (Å²) in [6.45, 7) is 10.3. The second-order valence-electron chi connectivity index (χ2n) is 3.36. The van der Waals surface area contributed by atoms with Crippen molar-refractivity contribution in [1.82, 2.24) is 0 Å². The standard InChI is InChI=1S/C10H22O.C2H6O/c1-4-7-10(5-2)8-9-11-6-3;1-2-3/h10H,4-9H2,1-3H3;3H,2H2,1H3. The molecule has 1 N–H and O–H groups in total. The van der Waals surface area contributed by atoms with Gasteiger partial charge in [0.25, 0.3) is 0 Å². The molecular formula is C12H28O2. The van der Waals surface area contributed by atoms with E-state index in [4.69, 9.17) is 9.84 Å². The summed E-state index contributed by atoms with van der Waals surface area (Å²) in [5.41, 5.74) is 0. The first-order valence-corrected chi connectivity index (χ1v) is 5.95. The van der Waals surface area contributed by atoms with Gasteiger partial charge in [0, 0.05) is 19.8 Å². The quantitative estimate of drug-likeness (QED) is 0.645. The summed E-state index contributed by atoms with van der Waals surface area (Å²) in [5, 5.41) is 7.57. The Kier molecular flexibility index (Phi) is 18.0. The van der Waals surface area contributed by atoms with Crippen LogP contribution in [0.3, 0.4) is 0 Å². The average Bonchev–Trinajstić information content (AvgIpc) is 2.18. The normalized spacial score (nSPS) is 11.8. The molecule has 0 fully saturated rings. The Bertz CT molecular complexity index is 84.4. The number of rotatable bonds is 7. The monoisotopic (exact) mass is 204 g/mol. The summed E-state index contributed by atoms with van der Waals surface area (Å²) < 4.78 is 5.31. The summed E-state index contributed by atoms with van der Waals surface area (Å²) in [6, 6.07) is 0. The molecule has 1 unspecified atom stereocenters. The maximum Gasteiger partial charge on any atom is 0.0468 e. The van der Waals surface area contributed by atoms with Crippen LogP contribution >= 0.6 is 0 Å². The predicted molar refractivity (Wildman–Crippen MR) is 62.6 cm³/mol. The van der Waals surface area contributed by atoms with Crippen LogP contribution in [-0.4, -0.2) is 24.9 Å². The molecule has 0 amide bonds. The van der Waals surface area contributed by atoms with E-state index < -0.39 is 0 Å². The number of aliphatic hydroxyl groups excluding tert-OH is 1. The van der Waals surface area contributed by atoms with Gasteiger partial charge in [0.05, 0.1) is 0 Å². The van der Waals surface area contributed by atoms with Gasteiger partial charge in [-0.05, 0) is 26.2 Å². The lowest BCUT2D eigenvalue weighted by atomic mass is 9.98. The Balaban J connectivity index is 0. The average molecular weight is 204 g/mol. The van der Waals surface area contributed by atoms with E-state index in [0.717, 1.165) is 19.1 Å². The highest BCUT2D eigenvalue weighted by Crippen LogP contribution is 2.14. The van der Waals surface area contributed by atoms with Crippen LogP contribution in [0.1, 0.15) is 53.4 Å². The second kappa shape index (κ2) is 15.4. The van der Waals surface area contributed by atoms with E-state index >= 15 is 0 Å². The number of ether oxygens (including phenoxy) is 1. The van der Waals surface area contributed by atoms with Crippen LogP contribution in [-0.2, 0) is 4.74 Å². The number of aliphatic hydroxyl groups is 1. The van der Waals surface area contributed by atoms with E-state index in [-0.39, 0.29) is 6.61 Å². The van der Waals surface area contributed by atoms with Crippen molar-refractivity contribution < 1.29 is 9.84 Å². The third kappa shape index (κ3) is 14.4. The third-order valence-electron chi connectivity index (χ3n) is 2.15. The fourth-order valence-electron chi connectivity index (χ4n) is 1.36. The molecule has 0 saturated carbocycles. The molecule has 0 aromatic rings. The molecule has 0 aliphatic rings. The Morgan fingerprint density at radius 2 is 1.64 bits per heavy atom. The molecule has 0 rings (SSSR count). The van der Waals surface area contributed by atoms with Gasteiger partial charge >= 0.3 is 0 Å². The lowest BCUT2D eigenvalue weighted by molar-refractivity contribution is 0.129. The zero-order valence-electron chi connectivity index (χ0n) is 10.4. The van der Waals surface area contributed by atoms with Gasteiger partial charge in [-0.25, -0.2) is 0 Å². The topological polar surface area (TPSA) is 29.5 Å². The highest BCUT2D eigenvalue weighted by atomic mass is 16.5. The largest absolute Gasteiger partial charge is 0.397 e. The van der Waals surface area contributed by atoms with Gasteiger partial charge in [0.2, 0.25) is 0 Å². The summed E-state index contributed by atoms with van der Waals surface area (Å²) >= 11 is 0. The van der Waals surface area contributed by atoms with Crippen molar-refractivity contribution in [2.45, 2.75) is 53.4 Å². The van der Waals surface area contributed by atoms with E-state index in [1.165, 1.54) is 25.7 Å². The molecule has 88 valence electrons. The molecule has 0 aliphatic carbocycles. The van der Waals surface area contributed by atoms with Crippen molar-refractivity contribution in [2.75, 3.05) is 19.8 Å². The zero-order valence-corrected chi connectivity index (χ0v) is 10.4. The molecule has 14 heavy (non-hydrogen) atoms. The molecule has 0 radical (unpaired) electrons. The van der Waals surface area contributed by atoms with Crippen LogP contribution in [0.2, 0.25) is 0 Å². The minimum Gasteiger partial charge on any atom is -0.397 e. The van der Waals surface area contributed by atoms with Crippen molar-refractivity contribution in [3.63, 3.8) is 0 Å². The Hall–Kier alpha value is -0.0800. The first-order chi connectivity index (χ1) is 6.76. The lowest BCUT2D eigenvalue weighted by Crippen LogP contribution is -2.03. The minimum absolute atomic E-state index is 0.250. The molecule has 0 heterocycles. The van der Waals surface area contributed by atoms with E-state index in [9.17, 15) is 0 Å². The summed E-state index contributed by atoms with van der Waals surface area (Å²) in [7, 11) is 0. The summed E-state index contributed by atoms with van der Waals surface area (Å²) in [6.07, 6.45) is 5.23. The van der Waals surface area contributed by atoms with Gasteiger partial charge in [0.1, 0.15) is 0 Å². The zero-order chi connectivity index (χ0) is 11.2. The van der Waals surface area contributed by atoms with Crippen LogP contribution in [0.15, 0.2) is 0 Å². The summed E-state index contributed by atoms with van der Waals surface area (Å²) in [4.78, 5) is 0. The van der Waals surface area contributed by atoms with Crippen LogP contribution in [0.5, 0.6) is 0 Å². The maximum atomic E-state index is 7.57. The Labute approximate surface area is 89.7 Å². The van der Waals surface area contributed by atoms with Crippen LogP contribution in [0, 0.1) is 5.92 Å². The second-order valence-corrected chi connectivity index (χ2v) is 3.36. The van der Waals surface area contributed by atoms with E-state index in [1.807, 2.05) is 0 Å². The van der Waals surface area contributed by atoms with Gasteiger partial charge < -0.3 is 9.84 Å². The first-order valence-electron chi connectivity index (χ1n) is 5.95. The fraction of sp³-hybridized carbons (Fsp3) is 1.00. The van der Waals surface area contributed by atoms with E-state index in [0.29, 0.717) is 0 Å². The molecular weight excluding hydrogens is 176 g/mol. The van der Waals surface area contributed by atoms with Crippen molar-refractivity contribution in [1.29, 1.82) is 0 Å². The Morgan fingerprint density at radius 3 is 2.00 bits per heavy atom. The van der Waals surface area contributed by atoms with Crippen LogP contribution in [0.4, 0.5) is 0 Å². The van der Waals surface area contributed by atoms with E-state index in [1.54, 1.807) is 6.92 Å². The van der Waals surface area contributed by atoms with Crippen LogP contribution in [0.25, 0.3) is 0 Å². The van der Waals surface area contributed by atoms with Crippen molar-refractivity contribution in [2.24, 2.45) is 5.92 Å². The molecule has 0 spiro atoms. The van der Waals surface area contributed by atoms with Gasteiger partial charge in [-0.3, -0.25) is 0 Å². The summed E-state index contributed by atoms with van der Waals surface area (Å²) in [5.74, 6) is 0.895. The maximum absolute atomic E-state index is 7.57. The molecule has 1 atom stereocenters. The molecule has 2 heteroatoms. The highest BCUT2D eigenvalue weighted by molar-refractivity contribution is 4.55. The highest BCUT2D eigenvalue weighted by Gasteiger charge is 2.03. The molecule has 0 saturated heterocycles. The van der Waals surface area contributed by atoms with Gasteiger partial charge in [-0.2, -0.15) is 0 Å². The van der Waals surface area contributed by atoms with Gasteiger partial charge in [-0.1, -0.05) is 33.1 Å². The van der Waals surface area contributed by atoms with Crippen molar-refractivity contribution in [3.05, 3.63) is 0 Å². The predicted octanol–water partition coefficient (Wildman–Crippen LogP) is 3.24. The Morgan fingerprint density at radius 1 is 1.07 bits per heavy atom. The molecule has 0 aromatic carbocycles. The molecule has 0 aromatic heterocycles. The SMILES string of the molecule is CCCC(CC)CCOCC.CCO. The molecule has 0 bridgehead atoms.